The van der Waals surface area contributed by atoms with Gasteiger partial charge in [-0.2, -0.15) is 0 Å². The van der Waals surface area contributed by atoms with Gasteiger partial charge < -0.3 is 0 Å². The SMILES string of the molecule is C[Si]1(C)c2ccc3ccccc3c2-c2nc(-c3cccc(-c4cccc(-c5ccc(-c6ccccc6)cc5)c4)c3)nc(-c3ccccc3)c21. The van der Waals surface area contributed by atoms with Crippen LogP contribution in [0.2, 0.25) is 13.1 Å². The lowest BCUT2D eigenvalue weighted by Gasteiger charge is -2.21. The van der Waals surface area contributed by atoms with E-state index < -0.39 is 8.07 Å². The molecule has 0 bridgehead atoms. The van der Waals surface area contributed by atoms with E-state index in [1.807, 2.05) is 0 Å². The van der Waals surface area contributed by atoms with Gasteiger partial charge in [0.05, 0.1) is 11.4 Å². The first kappa shape index (κ1) is 29.3. The average molecular weight is 643 g/mol. The van der Waals surface area contributed by atoms with Crippen molar-refractivity contribution in [2.45, 2.75) is 13.1 Å². The highest BCUT2D eigenvalue weighted by Crippen LogP contribution is 2.38. The van der Waals surface area contributed by atoms with E-state index in [1.165, 1.54) is 54.5 Å². The predicted octanol–water partition coefficient (Wildman–Crippen LogP) is 10.8. The number of hydrogen-bond donors (Lipinski definition) is 0. The van der Waals surface area contributed by atoms with Gasteiger partial charge in [-0.3, -0.25) is 0 Å². The van der Waals surface area contributed by atoms with Crippen LogP contribution in [0.25, 0.3) is 78.1 Å². The molecule has 7 aromatic carbocycles. The molecule has 0 saturated carbocycles. The summed E-state index contributed by atoms with van der Waals surface area (Å²) in [7, 11) is -2.10. The van der Waals surface area contributed by atoms with Crippen molar-refractivity contribution in [1.29, 1.82) is 0 Å². The lowest BCUT2D eigenvalue weighted by atomic mass is 9.96. The Morgan fingerprint density at radius 2 is 0.878 bits per heavy atom. The summed E-state index contributed by atoms with van der Waals surface area (Å²) in [5.74, 6) is 0.762. The Hall–Kier alpha value is -5.90. The van der Waals surface area contributed by atoms with Crippen LogP contribution in [0.5, 0.6) is 0 Å². The fraction of sp³-hybridized carbons (Fsp3) is 0.0435. The van der Waals surface area contributed by atoms with Crippen molar-refractivity contribution in [3.8, 4) is 67.3 Å². The molecule has 2 nitrogen and oxygen atoms in total. The average Bonchev–Trinajstić information content (AvgIpc) is 3.41. The zero-order valence-corrected chi connectivity index (χ0v) is 28.6. The number of benzene rings is 7. The third-order valence-electron chi connectivity index (χ3n) is 10.1. The molecule has 0 amide bonds. The maximum atomic E-state index is 5.45. The van der Waals surface area contributed by atoms with Gasteiger partial charge in [0.1, 0.15) is 8.07 Å². The molecule has 0 N–H and O–H groups in total. The maximum Gasteiger partial charge on any atom is 0.160 e. The molecule has 3 heteroatoms. The van der Waals surface area contributed by atoms with Crippen molar-refractivity contribution in [2.75, 3.05) is 0 Å². The molecule has 0 spiro atoms. The minimum absolute atomic E-state index is 0.762. The maximum absolute atomic E-state index is 5.45. The Labute approximate surface area is 288 Å². The fourth-order valence-electron chi connectivity index (χ4n) is 7.55. The van der Waals surface area contributed by atoms with Crippen LogP contribution in [0.4, 0.5) is 0 Å². The normalized spacial score (nSPS) is 12.9. The number of fused-ring (bicyclic) bond motifs is 5. The summed E-state index contributed by atoms with van der Waals surface area (Å²) in [6.07, 6.45) is 0. The van der Waals surface area contributed by atoms with Gasteiger partial charge in [-0.15, -0.1) is 0 Å². The molecular weight excluding hydrogens is 609 g/mol. The zero-order valence-electron chi connectivity index (χ0n) is 27.6. The Morgan fingerprint density at radius 3 is 1.57 bits per heavy atom. The van der Waals surface area contributed by atoms with Gasteiger partial charge >= 0.3 is 0 Å². The Kier molecular flexibility index (Phi) is 6.96. The van der Waals surface area contributed by atoms with E-state index in [9.17, 15) is 0 Å². The van der Waals surface area contributed by atoms with Crippen LogP contribution < -0.4 is 10.4 Å². The standard InChI is InChI=1S/C46H34N2Si/c1-49(2)41-28-27-34-15-9-10-22-40(34)42(41)44-45(49)43(35-16-7-4-8-17-35)47-46(48-44)39-21-12-20-38(30-39)37-19-11-18-36(29-37)33-25-23-32(24-26-33)31-13-5-3-6-14-31/h3-30H,1-2H3. The Bertz CT molecular complexity index is 2500. The largest absolute Gasteiger partial charge is 0.228 e. The van der Waals surface area contributed by atoms with E-state index in [2.05, 4.69) is 183 Å². The molecule has 0 unspecified atom stereocenters. The zero-order chi connectivity index (χ0) is 33.0. The predicted molar refractivity (Wildman–Crippen MR) is 209 cm³/mol. The third kappa shape index (κ3) is 5.02. The van der Waals surface area contributed by atoms with E-state index in [4.69, 9.17) is 9.97 Å². The summed E-state index contributed by atoms with van der Waals surface area (Å²) in [5, 5.41) is 5.28. The summed E-state index contributed by atoms with van der Waals surface area (Å²) in [6, 6.07) is 60.9. The second-order valence-electron chi connectivity index (χ2n) is 13.4. The smallest absolute Gasteiger partial charge is 0.160 e. The topological polar surface area (TPSA) is 25.8 Å². The molecule has 0 aliphatic carbocycles. The highest BCUT2D eigenvalue weighted by Gasteiger charge is 2.42. The number of hydrogen-bond acceptors (Lipinski definition) is 2. The summed E-state index contributed by atoms with van der Waals surface area (Å²) in [5.41, 5.74) is 12.8. The molecule has 8 aromatic rings. The van der Waals surface area contributed by atoms with Crippen LogP contribution in [0.1, 0.15) is 0 Å². The van der Waals surface area contributed by atoms with E-state index >= 15 is 0 Å². The van der Waals surface area contributed by atoms with Crippen molar-refractivity contribution >= 4 is 29.2 Å². The van der Waals surface area contributed by atoms with Gasteiger partial charge in [-0.05, 0) is 66.7 Å². The molecule has 1 aliphatic heterocycles. The van der Waals surface area contributed by atoms with Crippen LogP contribution in [-0.2, 0) is 0 Å². The molecule has 0 saturated heterocycles. The van der Waals surface area contributed by atoms with Crippen molar-refractivity contribution in [3.63, 3.8) is 0 Å². The summed E-state index contributed by atoms with van der Waals surface area (Å²) in [6.45, 7) is 4.90. The minimum atomic E-state index is -2.10. The molecule has 1 aliphatic rings. The van der Waals surface area contributed by atoms with Crippen LogP contribution in [0, 0.1) is 0 Å². The van der Waals surface area contributed by atoms with E-state index in [-0.39, 0.29) is 0 Å². The van der Waals surface area contributed by atoms with Gasteiger partial charge in [-0.1, -0.05) is 171 Å². The second kappa shape index (κ2) is 11.7. The Morgan fingerprint density at radius 1 is 0.388 bits per heavy atom. The first-order valence-corrected chi connectivity index (χ1v) is 19.9. The Balaban J connectivity index is 1.16. The molecule has 1 aromatic heterocycles. The monoisotopic (exact) mass is 642 g/mol. The molecule has 0 fully saturated rings. The van der Waals surface area contributed by atoms with Crippen molar-refractivity contribution in [2.24, 2.45) is 0 Å². The highest BCUT2D eigenvalue weighted by atomic mass is 28.3. The summed E-state index contributed by atoms with van der Waals surface area (Å²) < 4.78 is 0. The van der Waals surface area contributed by atoms with Crippen molar-refractivity contribution < 1.29 is 0 Å². The number of aromatic nitrogens is 2. The van der Waals surface area contributed by atoms with Gasteiger partial charge in [0.2, 0.25) is 0 Å². The molecule has 49 heavy (non-hydrogen) atoms. The minimum Gasteiger partial charge on any atom is -0.228 e. The fourth-order valence-corrected chi connectivity index (χ4v) is 10.8. The summed E-state index contributed by atoms with van der Waals surface area (Å²) >= 11 is 0. The second-order valence-corrected chi connectivity index (χ2v) is 17.7. The van der Waals surface area contributed by atoms with Crippen LogP contribution >= 0.6 is 0 Å². The molecular formula is C46H34N2Si. The molecule has 2 heterocycles. The molecule has 0 atom stereocenters. The highest BCUT2D eigenvalue weighted by molar-refractivity contribution is 7.04. The molecule has 0 radical (unpaired) electrons. The first-order chi connectivity index (χ1) is 24.0. The number of nitrogens with zero attached hydrogens (tertiary/aromatic N) is 2. The van der Waals surface area contributed by atoms with Crippen molar-refractivity contribution in [3.05, 3.63) is 170 Å². The lowest BCUT2D eigenvalue weighted by Crippen LogP contribution is -2.50. The van der Waals surface area contributed by atoms with E-state index in [0.717, 1.165) is 33.9 Å². The van der Waals surface area contributed by atoms with Gasteiger partial charge in [-0.25, -0.2) is 9.97 Å². The van der Waals surface area contributed by atoms with E-state index in [0.29, 0.717) is 0 Å². The van der Waals surface area contributed by atoms with Gasteiger partial charge in [0, 0.05) is 16.7 Å². The van der Waals surface area contributed by atoms with Crippen molar-refractivity contribution in [1.82, 2.24) is 9.97 Å². The van der Waals surface area contributed by atoms with Crippen LogP contribution in [0.3, 0.4) is 0 Å². The lowest BCUT2D eigenvalue weighted by molar-refractivity contribution is 1.20. The quantitative estimate of drug-likeness (QED) is 0.175. The third-order valence-corrected chi connectivity index (χ3v) is 13.5. The van der Waals surface area contributed by atoms with Crippen LogP contribution in [-0.4, -0.2) is 18.0 Å². The van der Waals surface area contributed by atoms with E-state index in [1.54, 1.807) is 0 Å². The first-order valence-electron chi connectivity index (χ1n) is 16.9. The molecule has 232 valence electrons. The number of rotatable bonds is 5. The summed E-state index contributed by atoms with van der Waals surface area (Å²) in [4.78, 5) is 10.9. The van der Waals surface area contributed by atoms with Crippen LogP contribution in [0.15, 0.2) is 170 Å². The molecule has 9 rings (SSSR count). The van der Waals surface area contributed by atoms with Gasteiger partial charge in [0.25, 0.3) is 0 Å². The van der Waals surface area contributed by atoms with Gasteiger partial charge in [0.15, 0.2) is 5.82 Å².